The Morgan fingerprint density at radius 3 is 2.93 bits per heavy atom. The van der Waals surface area contributed by atoms with Gasteiger partial charge in [0.1, 0.15) is 30.6 Å². The first-order valence-electron chi connectivity index (χ1n) is 9.44. The van der Waals surface area contributed by atoms with E-state index in [-0.39, 0.29) is 18.2 Å². The highest BCUT2D eigenvalue weighted by Crippen LogP contribution is 2.42. The minimum Gasteiger partial charge on any atom is -0.387 e. The summed E-state index contributed by atoms with van der Waals surface area (Å²) in [6.45, 7) is 1.79. The van der Waals surface area contributed by atoms with Crippen LogP contribution in [0.25, 0.3) is 0 Å². The summed E-state index contributed by atoms with van der Waals surface area (Å²) in [5.74, 6) is 0.230. The first-order valence-corrected chi connectivity index (χ1v) is 9.82. The number of ether oxygens (including phenoxy) is 2. The van der Waals surface area contributed by atoms with E-state index in [0.717, 1.165) is 24.1 Å². The number of hydrogen-bond donors (Lipinski definition) is 5. The van der Waals surface area contributed by atoms with Crippen molar-refractivity contribution in [3.63, 3.8) is 0 Å². The number of halogens is 1. The number of nitrogens with two attached hydrogens (primary N) is 1. The van der Waals surface area contributed by atoms with Crippen LogP contribution in [0.2, 0.25) is 5.02 Å². The van der Waals surface area contributed by atoms with Crippen molar-refractivity contribution in [3.05, 3.63) is 34.3 Å². The quantitative estimate of drug-likeness (QED) is 0.452. The fourth-order valence-electron chi connectivity index (χ4n) is 4.92. The second kappa shape index (κ2) is 6.91. The molecule has 148 valence electrons. The Bertz CT molecular complexity index is 725. The average Bonchev–Trinajstić information content (AvgIpc) is 3.33. The Kier molecular flexibility index (Phi) is 4.67. The Labute approximate surface area is 162 Å². The van der Waals surface area contributed by atoms with Gasteiger partial charge in [0.05, 0.1) is 18.9 Å². The lowest BCUT2D eigenvalue weighted by Crippen LogP contribution is -2.64. The second-order valence-corrected chi connectivity index (χ2v) is 8.23. The van der Waals surface area contributed by atoms with Gasteiger partial charge in [-0.1, -0.05) is 17.7 Å². The molecule has 1 aromatic carbocycles. The van der Waals surface area contributed by atoms with Crippen molar-refractivity contribution in [3.8, 4) is 0 Å². The van der Waals surface area contributed by atoms with E-state index >= 15 is 0 Å². The maximum absolute atomic E-state index is 10.7. The molecule has 0 amide bonds. The predicted octanol–water partition coefficient (Wildman–Crippen LogP) is -0.559. The maximum atomic E-state index is 10.7. The summed E-state index contributed by atoms with van der Waals surface area (Å²) in [6.07, 6.45) is -2.95. The van der Waals surface area contributed by atoms with E-state index in [4.69, 9.17) is 26.8 Å². The van der Waals surface area contributed by atoms with Gasteiger partial charge >= 0.3 is 0 Å². The number of nitrogens with one attached hydrogen (secondary N) is 2. The number of fused-ring (bicyclic) bond motifs is 2. The van der Waals surface area contributed by atoms with E-state index in [9.17, 15) is 10.2 Å². The molecule has 0 aromatic heterocycles. The first kappa shape index (κ1) is 18.2. The smallest absolute Gasteiger partial charge is 0.141 e. The summed E-state index contributed by atoms with van der Waals surface area (Å²) in [5, 5.41) is 28.7. The highest BCUT2D eigenvalue weighted by molar-refractivity contribution is 6.30. The summed E-state index contributed by atoms with van der Waals surface area (Å²) >= 11 is 6.14. The molecule has 5 rings (SSSR count). The van der Waals surface area contributed by atoms with E-state index in [1.165, 1.54) is 0 Å². The molecule has 8 nitrogen and oxygen atoms in total. The number of likely N-dealkylation sites (tertiary alicyclic amines) is 1. The second-order valence-electron chi connectivity index (χ2n) is 7.79. The molecule has 27 heavy (non-hydrogen) atoms. The van der Waals surface area contributed by atoms with Gasteiger partial charge in [-0.05, 0) is 29.7 Å². The lowest BCUT2D eigenvalue weighted by atomic mass is 9.97. The summed E-state index contributed by atoms with van der Waals surface area (Å²) in [5.41, 5.74) is 8.12. The van der Waals surface area contributed by atoms with Crippen molar-refractivity contribution in [2.24, 2.45) is 11.7 Å². The number of benzene rings is 1. The first-order chi connectivity index (χ1) is 13.0. The minimum absolute atomic E-state index is 0.0121. The molecule has 1 aromatic rings. The number of hydrogen-bond acceptors (Lipinski definition) is 8. The van der Waals surface area contributed by atoms with E-state index in [0.29, 0.717) is 18.3 Å². The zero-order valence-electron chi connectivity index (χ0n) is 14.8. The lowest BCUT2D eigenvalue weighted by Gasteiger charge is -2.39. The number of aliphatic hydroxyl groups excluding tert-OH is 2. The van der Waals surface area contributed by atoms with Gasteiger partial charge in [0.2, 0.25) is 0 Å². The zero-order chi connectivity index (χ0) is 18.7. The molecule has 0 spiro atoms. The maximum Gasteiger partial charge on any atom is 0.141 e. The van der Waals surface area contributed by atoms with Gasteiger partial charge in [0.25, 0.3) is 0 Å². The van der Waals surface area contributed by atoms with Crippen molar-refractivity contribution in [1.29, 1.82) is 0 Å². The Morgan fingerprint density at radius 2 is 2.07 bits per heavy atom. The van der Waals surface area contributed by atoms with Gasteiger partial charge in [-0.3, -0.25) is 15.5 Å². The number of rotatable bonds is 2. The highest BCUT2D eigenvalue weighted by Gasteiger charge is 2.54. The molecule has 0 radical (unpaired) electrons. The van der Waals surface area contributed by atoms with Gasteiger partial charge in [0.15, 0.2) is 0 Å². The molecule has 4 aliphatic rings. The molecule has 3 fully saturated rings. The molecular weight excluding hydrogens is 372 g/mol. The third-order valence-corrected chi connectivity index (χ3v) is 6.56. The van der Waals surface area contributed by atoms with Crippen LogP contribution in [0, 0.1) is 5.92 Å². The zero-order valence-corrected chi connectivity index (χ0v) is 15.5. The van der Waals surface area contributed by atoms with Crippen LogP contribution in [0.4, 0.5) is 0 Å². The molecular formula is C18H25ClN4O4. The molecule has 4 aliphatic heterocycles. The lowest BCUT2D eigenvalue weighted by molar-refractivity contribution is -0.136. The van der Waals surface area contributed by atoms with Crippen LogP contribution in [-0.2, 0) is 16.1 Å². The summed E-state index contributed by atoms with van der Waals surface area (Å²) in [7, 11) is 0. The van der Waals surface area contributed by atoms with Crippen molar-refractivity contribution in [1.82, 2.24) is 15.5 Å². The molecule has 0 bridgehead atoms. The van der Waals surface area contributed by atoms with Gasteiger partial charge in [-0.2, -0.15) is 0 Å². The monoisotopic (exact) mass is 396 g/mol. The normalized spacial score (nSPS) is 44.4. The van der Waals surface area contributed by atoms with Crippen molar-refractivity contribution in [2.75, 3.05) is 13.2 Å². The van der Waals surface area contributed by atoms with E-state index in [1.807, 2.05) is 18.2 Å². The van der Waals surface area contributed by atoms with Crippen molar-refractivity contribution in [2.45, 2.75) is 56.0 Å². The fourth-order valence-corrected chi connectivity index (χ4v) is 5.10. The van der Waals surface area contributed by atoms with E-state index in [2.05, 4.69) is 15.5 Å². The van der Waals surface area contributed by atoms with Gasteiger partial charge in [0, 0.05) is 24.2 Å². The highest BCUT2D eigenvalue weighted by atomic mass is 35.5. The average molecular weight is 397 g/mol. The van der Waals surface area contributed by atoms with Crippen LogP contribution in [0.15, 0.2) is 18.2 Å². The third-order valence-electron chi connectivity index (χ3n) is 6.33. The molecule has 8 atom stereocenters. The molecule has 3 saturated heterocycles. The van der Waals surface area contributed by atoms with Crippen LogP contribution in [-0.4, -0.2) is 65.2 Å². The van der Waals surface area contributed by atoms with Crippen molar-refractivity contribution >= 4 is 11.6 Å². The Hall–Kier alpha value is -0.810. The molecule has 9 heteroatoms. The SMILES string of the molecule is NC1NCNC2C1CCN2[C@@H]1O[C@H]([C@@H]2OCc3ccc(Cl)cc32)[C@@H](O)[C@H]1O. The van der Waals surface area contributed by atoms with Crippen LogP contribution < -0.4 is 16.4 Å². The van der Waals surface area contributed by atoms with Crippen LogP contribution in [0.3, 0.4) is 0 Å². The number of aliphatic hydroxyl groups is 2. The molecule has 6 N–H and O–H groups in total. The predicted molar refractivity (Wildman–Crippen MR) is 97.4 cm³/mol. The molecule has 0 aliphatic carbocycles. The third kappa shape index (κ3) is 2.91. The fraction of sp³-hybridized carbons (Fsp3) is 0.667. The topological polar surface area (TPSA) is 112 Å². The summed E-state index contributed by atoms with van der Waals surface area (Å²) in [6, 6.07) is 5.61. The van der Waals surface area contributed by atoms with Gasteiger partial charge in [-0.25, -0.2) is 0 Å². The molecule has 4 heterocycles. The van der Waals surface area contributed by atoms with E-state index < -0.39 is 30.6 Å². The molecule has 0 saturated carbocycles. The number of nitrogens with zero attached hydrogens (tertiary/aromatic N) is 1. The standard InChI is InChI=1S/C18H25ClN4O4/c19-9-2-1-8-6-26-14(11(8)5-9)15-12(24)13(25)18(27-15)23-4-3-10-16(20)21-7-22-17(10)23/h1-2,5,10,12-18,21-22,24-25H,3-4,6-7,20H2/t10?,12-,13+,14+,15-,16?,17?,18+/m0/s1. The van der Waals surface area contributed by atoms with Gasteiger partial charge < -0.3 is 25.4 Å². The van der Waals surface area contributed by atoms with Crippen LogP contribution >= 0.6 is 11.6 Å². The van der Waals surface area contributed by atoms with Crippen molar-refractivity contribution < 1.29 is 19.7 Å². The van der Waals surface area contributed by atoms with Crippen LogP contribution in [0.5, 0.6) is 0 Å². The van der Waals surface area contributed by atoms with Crippen LogP contribution in [0.1, 0.15) is 23.7 Å². The van der Waals surface area contributed by atoms with E-state index in [1.54, 1.807) is 0 Å². The Balaban J connectivity index is 1.37. The molecule has 3 unspecified atom stereocenters. The summed E-state index contributed by atoms with van der Waals surface area (Å²) < 4.78 is 12.1. The minimum atomic E-state index is -1.04. The largest absolute Gasteiger partial charge is 0.387 e. The Morgan fingerprint density at radius 1 is 1.22 bits per heavy atom. The summed E-state index contributed by atoms with van der Waals surface area (Å²) in [4.78, 5) is 2.08. The van der Waals surface area contributed by atoms with Gasteiger partial charge in [-0.15, -0.1) is 0 Å².